The molecule has 0 radical (unpaired) electrons. The van der Waals surface area contributed by atoms with Gasteiger partial charge < -0.3 is 52.8 Å². The van der Waals surface area contributed by atoms with Crippen molar-refractivity contribution in [2.45, 2.75) is 358 Å². The Morgan fingerprint density at radius 1 is 0.514 bits per heavy atom. The van der Waals surface area contributed by atoms with Crippen LogP contribution in [0, 0.1) is 108 Å². The van der Waals surface area contributed by atoms with Crippen molar-refractivity contribution in [3.8, 4) is 6.07 Å². The Kier molecular flexibility index (Phi) is 24.0. The highest BCUT2D eigenvalue weighted by atomic mass is 16.6. The summed E-state index contributed by atoms with van der Waals surface area (Å²) in [6.07, 6.45) is 22.5. The van der Waals surface area contributed by atoms with Crippen LogP contribution < -0.4 is 0 Å². The summed E-state index contributed by atoms with van der Waals surface area (Å²) in [6, 6.07) is 2.10. The molecule has 13 saturated carbocycles. The van der Waals surface area contributed by atoms with E-state index in [0.29, 0.717) is 55.8 Å². The minimum Gasteiger partial charge on any atom is -0.459 e. The number of nitriles is 1. The molecule has 2 N–H and O–H groups in total. The van der Waals surface area contributed by atoms with E-state index in [9.17, 15) is 58.6 Å². The molecule has 13 aliphatic carbocycles. The summed E-state index contributed by atoms with van der Waals surface area (Å²) >= 11 is 0. The molecular formula is C84H131NO20. The van der Waals surface area contributed by atoms with E-state index in [0.717, 1.165) is 109 Å². The van der Waals surface area contributed by atoms with E-state index in [1.54, 1.807) is 27.7 Å². The maximum atomic E-state index is 12.8. The Hall–Kier alpha value is -5.36. The van der Waals surface area contributed by atoms with Gasteiger partial charge in [-0.3, -0.25) is 33.6 Å². The third-order valence-corrected chi connectivity index (χ3v) is 29.3. The van der Waals surface area contributed by atoms with Crippen molar-refractivity contribution in [1.82, 2.24) is 0 Å². The van der Waals surface area contributed by atoms with Gasteiger partial charge in [0.05, 0.1) is 50.3 Å². The van der Waals surface area contributed by atoms with Gasteiger partial charge in [0.1, 0.15) is 41.2 Å². The number of aliphatic hydroxyl groups is 2. The van der Waals surface area contributed by atoms with Crippen LogP contribution in [0.5, 0.6) is 0 Å². The first kappa shape index (κ1) is 83.7. The van der Waals surface area contributed by atoms with Gasteiger partial charge in [-0.25, -0.2) is 9.59 Å². The van der Waals surface area contributed by atoms with Crippen molar-refractivity contribution in [3.05, 3.63) is 0 Å². The average Bonchev–Trinajstić information content (AvgIpc) is 1.65. The minimum atomic E-state index is -1.06. The van der Waals surface area contributed by atoms with Crippen LogP contribution in [0.4, 0.5) is 0 Å². The summed E-state index contributed by atoms with van der Waals surface area (Å²) in [5.41, 5.74) is -5.70. The normalized spacial score (nSPS) is 35.7. The second-order valence-corrected chi connectivity index (χ2v) is 39.3. The quantitative estimate of drug-likeness (QED) is 0.0751. The molecule has 0 aromatic carbocycles. The van der Waals surface area contributed by atoms with Crippen molar-refractivity contribution < 1.29 is 96.0 Å². The van der Waals surface area contributed by atoms with Crippen LogP contribution in [-0.2, 0) is 85.8 Å². The largest absolute Gasteiger partial charge is 0.459 e. The second kappa shape index (κ2) is 30.1. The molecule has 2 aliphatic heterocycles. The molecule has 0 aromatic rings. The number of carbonyl (C=O) groups excluding carboxylic acids is 9. The third-order valence-electron chi connectivity index (χ3n) is 29.3. The van der Waals surface area contributed by atoms with Crippen LogP contribution in [0.1, 0.15) is 305 Å². The Balaban J connectivity index is 0.000000154. The fourth-order valence-electron chi connectivity index (χ4n) is 20.7. The average molecular weight is 1470 g/mol. The van der Waals surface area contributed by atoms with Gasteiger partial charge in [0.15, 0.2) is 18.6 Å². The molecule has 15 rings (SSSR count). The summed E-state index contributed by atoms with van der Waals surface area (Å²) < 4.78 is 49.5. The highest BCUT2D eigenvalue weighted by Crippen LogP contribution is 2.71. The molecule has 0 aromatic heterocycles. The minimum absolute atomic E-state index is 0.00636. The lowest BCUT2D eigenvalue weighted by atomic mass is 9.38. The van der Waals surface area contributed by atoms with Gasteiger partial charge in [-0.15, -0.1) is 0 Å². The zero-order valence-corrected chi connectivity index (χ0v) is 67.5. The van der Waals surface area contributed by atoms with E-state index < -0.39 is 92.5 Å². The molecule has 2 saturated heterocycles. The molecule has 21 nitrogen and oxygen atoms in total. The monoisotopic (exact) mass is 1470 g/mol. The Morgan fingerprint density at radius 3 is 1.42 bits per heavy atom. The summed E-state index contributed by atoms with van der Waals surface area (Å²) in [5, 5.41) is 31.0. The van der Waals surface area contributed by atoms with E-state index in [2.05, 4.69) is 26.8 Å². The fourth-order valence-corrected chi connectivity index (χ4v) is 20.7. The number of hydrogen-bond donors (Lipinski definition) is 2. The van der Waals surface area contributed by atoms with Gasteiger partial charge in [0.25, 0.3) is 0 Å². The number of carbonyl (C=O) groups is 9. The molecule has 0 amide bonds. The van der Waals surface area contributed by atoms with Crippen LogP contribution in [-0.4, -0.2) is 130 Å². The van der Waals surface area contributed by atoms with Crippen LogP contribution in [0.15, 0.2) is 0 Å². The lowest BCUT2D eigenvalue weighted by Crippen LogP contribution is -2.65. The first-order valence-electron chi connectivity index (χ1n) is 40.3. The topological polar surface area (TPSA) is 301 Å². The summed E-state index contributed by atoms with van der Waals surface area (Å²) in [5.74, 6) is -0.358. The molecule has 15 fully saturated rings. The Labute approximate surface area is 625 Å². The van der Waals surface area contributed by atoms with Crippen LogP contribution in [0.2, 0.25) is 0 Å². The van der Waals surface area contributed by atoms with Crippen molar-refractivity contribution in [3.63, 3.8) is 0 Å². The highest BCUT2D eigenvalue weighted by molar-refractivity contribution is 5.85. The van der Waals surface area contributed by atoms with Gasteiger partial charge >= 0.3 is 53.7 Å². The standard InChI is InChI=1S/C22H38O3.C17H21NO6.C16H22O6.C16H26O3.C13H24O2/c1-8-18(2,3)17(23)25-20(6,7)22-12-15-9-16(13-22)11-21(10-15,14-22)19(4,5)24;1-4-16(2,3)14(20)22-7-11(19)23-12-9-5-10-13(12)24-15(21)17(10,6-9)8-18;1-4-16(2,3)15(19)20-7-11(17)21-12-8-5-9-10(6-8)14(18)22-13(9)12;1-4-14(2,3)13(17)19-16-8-11-5-12(9-16)7-15(18,6-11)10-16;1-5-12(3,4)11(14)15-13(6-2)9-7-8-10-13/h15-16,24H,8-14H2,1-7H3;9-10,12-13H,4-7H2,1-3H3;8-10,12-13H,4-7H2,1-3H3;11-12,18H,4-10H2,1-3H3;5-10H2,1-4H3. The SMILES string of the molecule is CCC(C)(C)C(=O)OC(C)(C)C12CC3CC(CC(C(C)(C)O)(C3)C1)C2.CCC(C)(C)C(=O)OC12CC3CC(CC(O)(C3)C1)C2.CCC(C)(C)C(=O)OCC(=O)OC1C2CC3C(=O)OC1C3C2.CCC(C)(C)C(=O)OCC(=O)OC1C2CC3C1OC(=O)C3(C#N)C2.CCC1(OC(=O)C(C)(C)CC)CCCC1. The predicted molar refractivity (Wildman–Crippen MR) is 388 cm³/mol. The summed E-state index contributed by atoms with van der Waals surface area (Å²) in [4.78, 5) is 108. The summed E-state index contributed by atoms with van der Waals surface area (Å²) in [6.45, 7) is 38.2. The molecule has 0 spiro atoms. The lowest BCUT2D eigenvalue weighted by molar-refractivity contribution is -0.247. The molecular weight excluding hydrogens is 1340 g/mol. The van der Waals surface area contributed by atoms with Gasteiger partial charge in [-0.05, 0) is 287 Å². The van der Waals surface area contributed by atoms with Gasteiger partial charge in [-0.2, -0.15) is 5.26 Å². The Morgan fingerprint density at radius 2 is 0.962 bits per heavy atom. The van der Waals surface area contributed by atoms with Crippen LogP contribution >= 0.6 is 0 Å². The molecule has 21 heteroatoms. The zero-order valence-electron chi connectivity index (χ0n) is 67.5. The van der Waals surface area contributed by atoms with Gasteiger partial charge in [0.2, 0.25) is 0 Å². The van der Waals surface area contributed by atoms with Crippen molar-refractivity contribution in [2.75, 3.05) is 13.2 Å². The van der Waals surface area contributed by atoms with Crippen molar-refractivity contribution in [1.29, 1.82) is 5.26 Å². The van der Waals surface area contributed by atoms with Gasteiger partial charge in [-0.1, -0.05) is 41.5 Å². The van der Waals surface area contributed by atoms with Gasteiger partial charge in [0, 0.05) is 35.5 Å². The lowest BCUT2D eigenvalue weighted by Gasteiger charge is -2.68. The summed E-state index contributed by atoms with van der Waals surface area (Å²) in [7, 11) is 0. The zero-order chi connectivity index (χ0) is 78.1. The maximum Gasteiger partial charge on any atom is 0.344 e. The predicted octanol–water partition coefficient (Wildman–Crippen LogP) is 14.7. The Bertz CT molecular complexity index is 3270. The fraction of sp³-hybridized carbons (Fsp3) is 0.881. The molecule has 2 heterocycles. The first-order valence-corrected chi connectivity index (χ1v) is 40.3. The van der Waals surface area contributed by atoms with Crippen molar-refractivity contribution in [2.24, 2.45) is 96.6 Å². The number of esters is 9. The highest BCUT2D eigenvalue weighted by Gasteiger charge is 2.73. The van der Waals surface area contributed by atoms with Crippen molar-refractivity contribution >= 4 is 53.7 Å². The number of ether oxygens (including phenoxy) is 9. The van der Waals surface area contributed by atoms with Crippen LogP contribution in [0.25, 0.3) is 0 Å². The molecule has 592 valence electrons. The first-order chi connectivity index (χ1) is 48.6. The molecule has 15 aliphatic rings. The van der Waals surface area contributed by atoms with Crippen LogP contribution in [0.3, 0.4) is 0 Å². The number of rotatable bonds is 22. The number of nitrogens with zero attached hydrogens (tertiary/aromatic N) is 1. The molecule has 12 bridgehead atoms. The number of hydrogen-bond acceptors (Lipinski definition) is 21. The molecule has 105 heavy (non-hydrogen) atoms. The third kappa shape index (κ3) is 16.7. The van der Waals surface area contributed by atoms with E-state index in [1.807, 2.05) is 90.0 Å². The smallest absolute Gasteiger partial charge is 0.344 e. The van der Waals surface area contributed by atoms with E-state index in [4.69, 9.17) is 42.6 Å². The maximum absolute atomic E-state index is 12.8. The molecule has 14 atom stereocenters. The molecule has 14 unspecified atom stereocenters. The second-order valence-electron chi connectivity index (χ2n) is 39.3. The van der Waals surface area contributed by atoms with E-state index >= 15 is 0 Å². The van der Waals surface area contributed by atoms with E-state index in [-0.39, 0.29) is 99.7 Å². The number of fused-ring (bicyclic) bond motifs is 2. The van der Waals surface area contributed by atoms with E-state index in [1.165, 1.54) is 25.7 Å².